The summed E-state index contributed by atoms with van der Waals surface area (Å²) in [6.07, 6.45) is 1.80. The number of aliphatic carboxylic acids is 1. The van der Waals surface area contributed by atoms with Crippen molar-refractivity contribution in [3.8, 4) is 0 Å². The Hall–Kier alpha value is -0.610. The second-order valence-electron chi connectivity index (χ2n) is 4.09. The fraction of sp³-hybridized carbons (Fsp3) is 0.900. The van der Waals surface area contributed by atoms with E-state index in [0.717, 1.165) is 0 Å². The summed E-state index contributed by atoms with van der Waals surface area (Å²) < 4.78 is 5.16. The van der Waals surface area contributed by atoms with E-state index in [9.17, 15) is 4.79 Å². The van der Waals surface area contributed by atoms with Gasteiger partial charge in [-0.3, -0.25) is 4.79 Å². The van der Waals surface area contributed by atoms with Gasteiger partial charge < -0.3 is 14.9 Å². The van der Waals surface area contributed by atoms with Crippen molar-refractivity contribution in [2.75, 3.05) is 13.2 Å². The molecule has 1 heterocycles. The lowest BCUT2D eigenvalue weighted by atomic mass is 9.76. The van der Waals surface area contributed by atoms with E-state index in [1.54, 1.807) is 6.92 Å². The van der Waals surface area contributed by atoms with Crippen LogP contribution >= 0.6 is 0 Å². The first-order chi connectivity index (χ1) is 6.57. The number of hydrogen-bond acceptors (Lipinski definition) is 3. The molecule has 0 aromatic heterocycles. The molecule has 4 nitrogen and oxygen atoms in total. The SMILES string of the molecule is CC(O)CCC1(C(=O)O)CCOCC1. The molecule has 0 saturated carbocycles. The molecule has 1 atom stereocenters. The monoisotopic (exact) mass is 202 g/mol. The number of carbonyl (C=O) groups is 1. The third-order valence-electron chi connectivity index (χ3n) is 2.94. The van der Waals surface area contributed by atoms with Gasteiger partial charge in [0.1, 0.15) is 0 Å². The van der Waals surface area contributed by atoms with Crippen LogP contribution in [0.25, 0.3) is 0 Å². The van der Waals surface area contributed by atoms with Gasteiger partial charge in [0.2, 0.25) is 0 Å². The fourth-order valence-electron chi connectivity index (χ4n) is 1.82. The average Bonchev–Trinajstić information content (AvgIpc) is 2.16. The van der Waals surface area contributed by atoms with Gasteiger partial charge in [0.15, 0.2) is 0 Å². The van der Waals surface area contributed by atoms with Crippen molar-refractivity contribution in [2.45, 2.75) is 38.7 Å². The first kappa shape index (κ1) is 11.5. The number of hydrogen-bond donors (Lipinski definition) is 2. The molecule has 0 spiro atoms. The summed E-state index contributed by atoms with van der Waals surface area (Å²) in [5.41, 5.74) is -0.657. The van der Waals surface area contributed by atoms with Crippen LogP contribution in [-0.2, 0) is 9.53 Å². The van der Waals surface area contributed by atoms with Crippen LogP contribution in [0.5, 0.6) is 0 Å². The highest BCUT2D eigenvalue weighted by atomic mass is 16.5. The van der Waals surface area contributed by atoms with Gasteiger partial charge >= 0.3 is 5.97 Å². The van der Waals surface area contributed by atoms with E-state index in [0.29, 0.717) is 38.9 Å². The molecule has 1 aliphatic rings. The number of aliphatic hydroxyl groups is 1. The first-order valence-corrected chi connectivity index (χ1v) is 5.06. The highest BCUT2D eigenvalue weighted by molar-refractivity contribution is 5.74. The Bertz CT molecular complexity index is 194. The van der Waals surface area contributed by atoms with Crippen LogP contribution < -0.4 is 0 Å². The van der Waals surface area contributed by atoms with Gasteiger partial charge in [-0.05, 0) is 32.6 Å². The highest BCUT2D eigenvalue weighted by Gasteiger charge is 2.39. The van der Waals surface area contributed by atoms with E-state index < -0.39 is 17.5 Å². The van der Waals surface area contributed by atoms with Gasteiger partial charge in [0.25, 0.3) is 0 Å². The maximum absolute atomic E-state index is 11.2. The molecule has 1 aliphatic heterocycles. The Morgan fingerprint density at radius 1 is 1.50 bits per heavy atom. The Labute approximate surface area is 83.9 Å². The number of aliphatic hydroxyl groups excluding tert-OH is 1. The third-order valence-corrected chi connectivity index (χ3v) is 2.94. The van der Waals surface area contributed by atoms with Gasteiger partial charge in [0, 0.05) is 13.2 Å². The smallest absolute Gasteiger partial charge is 0.309 e. The topological polar surface area (TPSA) is 66.8 Å². The van der Waals surface area contributed by atoms with Gasteiger partial charge in [-0.1, -0.05) is 0 Å². The van der Waals surface area contributed by atoms with Crippen LogP contribution in [0.1, 0.15) is 32.6 Å². The second kappa shape index (κ2) is 4.75. The van der Waals surface area contributed by atoms with E-state index >= 15 is 0 Å². The molecular weight excluding hydrogens is 184 g/mol. The van der Waals surface area contributed by atoms with Crippen molar-refractivity contribution in [1.29, 1.82) is 0 Å². The number of ether oxygens (including phenoxy) is 1. The average molecular weight is 202 g/mol. The van der Waals surface area contributed by atoms with Crippen molar-refractivity contribution in [2.24, 2.45) is 5.41 Å². The molecular formula is C10H18O4. The summed E-state index contributed by atoms with van der Waals surface area (Å²) >= 11 is 0. The van der Waals surface area contributed by atoms with Crippen molar-refractivity contribution < 1.29 is 19.7 Å². The minimum absolute atomic E-state index is 0.422. The largest absolute Gasteiger partial charge is 0.481 e. The highest BCUT2D eigenvalue weighted by Crippen LogP contribution is 2.36. The van der Waals surface area contributed by atoms with Crippen LogP contribution in [0, 0.1) is 5.41 Å². The summed E-state index contributed by atoms with van der Waals surface area (Å²) in [5.74, 6) is -0.749. The van der Waals surface area contributed by atoms with Crippen LogP contribution in [0.2, 0.25) is 0 Å². The number of carboxylic acid groups (broad SMARTS) is 1. The number of carboxylic acids is 1. The first-order valence-electron chi connectivity index (χ1n) is 5.06. The lowest BCUT2D eigenvalue weighted by Gasteiger charge is -2.33. The fourth-order valence-corrected chi connectivity index (χ4v) is 1.82. The van der Waals surface area contributed by atoms with Crippen molar-refractivity contribution >= 4 is 5.97 Å². The predicted octanol–water partition coefficient (Wildman–Crippen LogP) is 1.03. The zero-order chi connectivity index (χ0) is 10.6. The maximum atomic E-state index is 11.2. The Balaban J connectivity index is 2.56. The zero-order valence-corrected chi connectivity index (χ0v) is 8.53. The van der Waals surface area contributed by atoms with Crippen LogP contribution in [0.4, 0.5) is 0 Å². The van der Waals surface area contributed by atoms with Crippen LogP contribution in [-0.4, -0.2) is 35.5 Å². The Morgan fingerprint density at radius 3 is 2.50 bits per heavy atom. The molecule has 0 bridgehead atoms. The van der Waals surface area contributed by atoms with E-state index in [1.807, 2.05) is 0 Å². The van der Waals surface area contributed by atoms with Crippen molar-refractivity contribution in [3.63, 3.8) is 0 Å². The van der Waals surface area contributed by atoms with E-state index in [1.165, 1.54) is 0 Å². The molecule has 0 aromatic rings. The van der Waals surface area contributed by atoms with E-state index in [-0.39, 0.29) is 0 Å². The summed E-state index contributed by atoms with van der Waals surface area (Å²) in [4.78, 5) is 11.2. The van der Waals surface area contributed by atoms with Crippen molar-refractivity contribution in [3.05, 3.63) is 0 Å². The van der Waals surface area contributed by atoms with Crippen molar-refractivity contribution in [1.82, 2.24) is 0 Å². The molecule has 0 aliphatic carbocycles. The van der Waals surface area contributed by atoms with Gasteiger partial charge in [-0.25, -0.2) is 0 Å². The minimum Gasteiger partial charge on any atom is -0.481 e. The summed E-state index contributed by atoms with van der Waals surface area (Å²) in [6.45, 7) is 2.73. The molecule has 1 fully saturated rings. The second-order valence-corrected chi connectivity index (χ2v) is 4.09. The molecule has 0 amide bonds. The molecule has 4 heteroatoms. The lowest BCUT2D eigenvalue weighted by molar-refractivity contribution is -0.156. The molecule has 1 rings (SSSR count). The van der Waals surface area contributed by atoms with Gasteiger partial charge in [-0.2, -0.15) is 0 Å². The molecule has 1 saturated heterocycles. The lowest BCUT2D eigenvalue weighted by Crippen LogP contribution is -2.37. The standard InChI is InChI=1S/C10H18O4/c1-8(11)2-3-10(9(12)13)4-6-14-7-5-10/h8,11H,2-7H2,1H3,(H,12,13). The third kappa shape index (κ3) is 2.69. The molecule has 82 valence electrons. The normalized spacial score (nSPS) is 23.0. The van der Waals surface area contributed by atoms with E-state index in [4.69, 9.17) is 14.9 Å². The van der Waals surface area contributed by atoms with E-state index in [2.05, 4.69) is 0 Å². The maximum Gasteiger partial charge on any atom is 0.309 e. The van der Waals surface area contributed by atoms with Gasteiger partial charge in [0.05, 0.1) is 11.5 Å². The summed E-state index contributed by atoms with van der Waals surface area (Å²) in [7, 11) is 0. The molecule has 1 unspecified atom stereocenters. The summed E-state index contributed by atoms with van der Waals surface area (Å²) in [5, 5.41) is 18.3. The Kier molecular flexibility index (Phi) is 3.89. The molecule has 14 heavy (non-hydrogen) atoms. The quantitative estimate of drug-likeness (QED) is 0.714. The van der Waals surface area contributed by atoms with Crippen LogP contribution in [0.3, 0.4) is 0 Å². The van der Waals surface area contributed by atoms with Gasteiger partial charge in [-0.15, -0.1) is 0 Å². The van der Waals surface area contributed by atoms with Crippen LogP contribution in [0.15, 0.2) is 0 Å². The minimum atomic E-state index is -0.749. The summed E-state index contributed by atoms with van der Waals surface area (Å²) in [6, 6.07) is 0. The molecule has 0 radical (unpaired) electrons. The molecule has 2 N–H and O–H groups in total. The molecule has 0 aromatic carbocycles. The Morgan fingerprint density at radius 2 is 2.07 bits per heavy atom. The predicted molar refractivity (Wildman–Crippen MR) is 51.0 cm³/mol. The number of rotatable bonds is 4. The zero-order valence-electron chi connectivity index (χ0n) is 8.53.